The first kappa shape index (κ1) is 15.9. The second-order valence-corrected chi connectivity index (χ2v) is 5.33. The Morgan fingerprint density at radius 3 is 2.50 bits per heavy atom. The number of carboxylic acid groups (broad SMARTS) is 1. The van der Waals surface area contributed by atoms with E-state index in [0.29, 0.717) is 12.0 Å². The lowest BCUT2D eigenvalue weighted by Crippen LogP contribution is -2.33. The molecule has 110 valence electrons. The summed E-state index contributed by atoms with van der Waals surface area (Å²) in [6.07, 6.45) is -0.246. The third-order valence-corrected chi connectivity index (χ3v) is 2.29. The molecule has 1 amide bonds. The monoisotopic (exact) mass is 283 g/mol. The fraction of sp³-hybridized carbons (Fsp3) is 0.429. The number of amides is 1. The summed E-state index contributed by atoms with van der Waals surface area (Å²) in [6.45, 7) is 5.48. The van der Waals surface area contributed by atoms with Gasteiger partial charge in [-0.2, -0.15) is 0 Å². The van der Waals surface area contributed by atoms with Crippen molar-refractivity contribution >= 4 is 12.1 Å². The molecule has 0 radical (unpaired) electrons. The van der Waals surface area contributed by atoms with Crippen LogP contribution in [-0.4, -0.2) is 29.3 Å². The standard InChI is InChI=1S/C14H18FNO4/c1-14(2,3)20-13(19)16-5-4-9-6-10(12(17)18)8-11(15)7-9/h6-8H,4-5H2,1-3H3,(H,16,19)(H,17,18). The van der Waals surface area contributed by atoms with Crippen LogP contribution in [0.3, 0.4) is 0 Å². The van der Waals surface area contributed by atoms with E-state index in [2.05, 4.69) is 5.32 Å². The molecule has 0 spiro atoms. The lowest BCUT2D eigenvalue weighted by molar-refractivity contribution is 0.0527. The minimum absolute atomic E-state index is 0.114. The molecular formula is C14H18FNO4. The van der Waals surface area contributed by atoms with E-state index >= 15 is 0 Å². The largest absolute Gasteiger partial charge is 0.478 e. The molecule has 0 aliphatic carbocycles. The SMILES string of the molecule is CC(C)(C)OC(=O)NCCc1cc(F)cc(C(=O)O)c1. The Kier molecular flexibility index (Phi) is 5.07. The topological polar surface area (TPSA) is 75.6 Å². The van der Waals surface area contributed by atoms with Crippen molar-refractivity contribution in [1.29, 1.82) is 0 Å². The van der Waals surface area contributed by atoms with E-state index in [1.807, 2.05) is 0 Å². The van der Waals surface area contributed by atoms with E-state index in [4.69, 9.17) is 9.84 Å². The number of hydrogen-bond donors (Lipinski definition) is 2. The molecule has 5 nitrogen and oxygen atoms in total. The van der Waals surface area contributed by atoms with E-state index in [0.717, 1.165) is 6.07 Å². The number of carbonyl (C=O) groups excluding carboxylic acids is 1. The molecule has 0 aromatic heterocycles. The molecule has 1 aromatic rings. The van der Waals surface area contributed by atoms with Gasteiger partial charge in [0.25, 0.3) is 0 Å². The van der Waals surface area contributed by atoms with Gasteiger partial charge in [-0.1, -0.05) is 0 Å². The van der Waals surface area contributed by atoms with Gasteiger partial charge in [-0.3, -0.25) is 0 Å². The minimum Gasteiger partial charge on any atom is -0.478 e. The summed E-state index contributed by atoms with van der Waals surface area (Å²) in [5.74, 6) is -1.80. The Morgan fingerprint density at radius 1 is 1.30 bits per heavy atom. The molecule has 20 heavy (non-hydrogen) atoms. The average Bonchev–Trinajstić information content (AvgIpc) is 2.25. The van der Waals surface area contributed by atoms with E-state index in [1.54, 1.807) is 20.8 Å². The molecule has 0 aliphatic rings. The molecule has 2 N–H and O–H groups in total. The van der Waals surface area contributed by atoms with Gasteiger partial charge in [0.05, 0.1) is 5.56 Å². The predicted octanol–water partition coefficient (Wildman–Crippen LogP) is 2.59. The first-order valence-electron chi connectivity index (χ1n) is 6.17. The number of benzene rings is 1. The van der Waals surface area contributed by atoms with Gasteiger partial charge in [0, 0.05) is 6.54 Å². The maximum absolute atomic E-state index is 13.2. The summed E-state index contributed by atoms with van der Waals surface area (Å²) in [4.78, 5) is 22.2. The second kappa shape index (κ2) is 6.36. The lowest BCUT2D eigenvalue weighted by atomic mass is 10.1. The molecule has 0 aliphatic heterocycles. The number of carbonyl (C=O) groups is 2. The van der Waals surface area contributed by atoms with Crippen LogP contribution < -0.4 is 5.32 Å². The van der Waals surface area contributed by atoms with Crippen molar-refractivity contribution in [2.75, 3.05) is 6.54 Å². The van der Waals surface area contributed by atoms with Crippen LogP contribution in [0.2, 0.25) is 0 Å². The third kappa shape index (κ3) is 5.69. The molecule has 0 saturated heterocycles. The van der Waals surface area contributed by atoms with Crippen LogP contribution in [0.25, 0.3) is 0 Å². The third-order valence-electron chi connectivity index (χ3n) is 2.29. The lowest BCUT2D eigenvalue weighted by Gasteiger charge is -2.19. The van der Waals surface area contributed by atoms with Crippen LogP contribution in [0.15, 0.2) is 18.2 Å². The number of nitrogens with one attached hydrogen (secondary N) is 1. The number of rotatable bonds is 4. The molecule has 0 atom stereocenters. The number of halogens is 1. The van der Waals surface area contributed by atoms with E-state index < -0.39 is 23.5 Å². The Morgan fingerprint density at radius 2 is 1.95 bits per heavy atom. The van der Waals surface area contributed by atoms with Gasteiger partial charge in [-0.05, 0) is 51.0 Å². The summed E-state index contributed by atoms with van der Waals surface area (Å²) in [5, 5.41) is 11.3. The highest BCUT2D eigenvalue weighted by molar-refractivity contribution is 5.87. The summed E-state index contributed by atoms with van der Waals surface area (Å²) >= 11 is 0. The van der Waals surface area contributed by atoms with Gasteiger partial charge < -0.3 is 15.2 Å². The smallest absolute Gasteiger partial charge is 0.407 e. The number of alkyl carbamates (subject to hydrolysis) is 1. The summed E-state index contributed by atoms with van der Waals surface area (Å²) in [5.41, 5.74) is -0.199. The fourth-order valence-corrected chi connectivity index (χ4v) is 1.54. The van der Waals surface area contributed by atoms with Crippen molar-refractivity contribution in [3.8, 4) is 0 Å². The van der Waals surface area contributed by atoms with Gasteiger partial charge in [-0.25, -0.2) is 14.0 Å². The fourth-order valence-electron chi connectivity index (χ4n) is 1.54. The van der Waals surface area contributed by atoms with Crippen LogP contribution in [-0.2, 0) is 11.2 Å². The van der Waals surface area contributed by atoms with Crippen LogP contribution >= 0.6 is 0 Å². The zero-order chi connectivity index (χ0) is 15.3. The van der Waals surface area contributed by atoms with E-state index in [1.165, 1.54) is 12.1 Å². The normalized spacial score (nSPS) is 11.0. The van der Waals surface area contributed by atoms with Crippen molar-refractivity contribution in [2.45, 2.75) is 32.8 Å². The number of aromatic carboxylic acids is 1. The maximum Gasteiger partial charge on any atom is 0.407 e. The average molecular weight is 283 g/mol. The summed E-state index contributed by atoms with van der Waals surface area (Å²) < 4.78 is 18.3. The first-order chi connectivity index (χ1) is 9.17. The Bertz CT molecular complexity index is 508. The van der Waals surface area contributed by atoms with Crippen LogP contribution in [0, 0.1) is 5.82 Å². The van der Waals surface area contributed by atoms with E-state index in [9.17, 15) is 14.0 Å². The summed E-state index contributed by atoms with van der Waals surface area (Å²) in [7, 11) is 0. The highest BCUT2D eigenvalue weighted by Gasteiger charge is 2.15. The van der Waals surface area contributed by atoms with Gasteiger partial charge in [0.15, 0.2) is 0 Å². The van der Waals surface area contributed by atoms with E-state index in [-0.39, 0.29) is 12.1 Å². The zero-order valence-corrected chi connectivity index (χ0v) is 11.7. The minimum atomic E-state index is -1.19. The second-order valence-electron chi connectivity index (χ2n) is 5.33. The van der Waals surface area contributed by atoms with Crippen molar-refractivity contribution in [3.63, 3.8) is 0 Å². The number of hydrogen-bond acceptors (Lipinski definition) is 3. The molecule has 0 unspecified atom stereocenters. The molecule has 1 aromatic carbocycles. The molecule has 0 fully saturated rings. The number of carboxylic acids is 1. The van der Waals surface area contributed by atoms with Crippen molar-refractivity contribution < 1.29 is 23.8 Å². The molecule has 0 heterocycles. The van der Waals surface area contributed by atoms with Gasteiger partial charge in [-0.15, -0.1) is 0 Å². The molecular weight excluding hydrogens is 265 g/mol. The van der Waals surface area contributed by atoms with Crippen LogP contribution in [0.4, 0.5) is 9.18 Å². The Hall–Kier alpha value is -2.11. The first-order valence-corrected chi connectivity index (χ1v) is 6.17. The van der Waals surface area contributed by atoms with Gasteiger partial charge in [0.2, 0.25) is 0 Å². The van der Waals surface area contributed by atoms with Crippen molar-refractivity contribution in [3.05, 3.63) is 35.1 Å². The Balaban J connectivity index is 2.54. The molecule has 1 rings (SSSR count). The van der Waals surface area contributed by atoms with Crippen molar-refractivity contribution in [2.24, 2.45) is 0 Å². The van der Waals surface area contributed by atoms with Crippen LogP contribution in [0.1, 0.15) is 36.7 Å². The predicted molar refractivity (Wildman–Crippen MR) is 71.3 cm³/mol. The highest BCUT2D eigenvalue weighted by Crippen LogP contribution is 2.10. The quantitative estimate of drug-likeness (QED) is 0.890. The highest BCUT2D eigenvalue weighted by atomic mass is 19.1. The summed E-state index contributed by atoms with van der Waals surface area (Å²) in [6, 6.07) is 3.57. The van der Waals surface area contributed by atoms with Gasteiger partial charge >= 0.3 is 12.1 Å². The maximum atomic E-state index is 13.2. The molecule has 6 heteroatoms. The molecule has 0 saturated carbocycles. The van der Waals surface area contributed by atoms with Crippen LogP contribution in [0.5, 0.6) is 0 Å². The number of ether oxygens (including phenoxy) is 1. The van der Waals surface area contributed by atoms with Crippen molar-refractivity contribution in [1.82, 2.24) is 5.32 Å². The molecule has 0 bridgehead atoms. The Labute approximate surface area is 116 Å². The zero-order valence-electron chi connectivity index (χ0n) is 11.7. The van der Waals surface area contributed by atoms with Gasteiger partial charge in [0.1, 0.15) is 11.4 Å².